The van der Waals surface area contributed by atoms with Crippen LogP contribution in [-0.2, 0) is 4.79 Å². The van der Waals surface area contributed by atoms with E-state index in [1.807, 2.05) is 0 Å². The molecule has 3 nitrogen and oxygen atoms in total. The van der Waals surface area contributed by atoms with Crippen LogP contribution in [0, 0.1) is 11.7 Å². The summed E-state index contributed by atoms with van der Waals surface area (Å²) in [5.41, 5.74) is 0.260. The Morgan fingerprint density at radius 1 is 1.45 bits per heavy atom. The lowest BCUT2D eigenvalue weighted by Gasteiger charge is -2.22. The molecule has 1 aromatic carbocycles. The lowest BCUT2D eigenvalue weighted by Crippen LogP contribution is -2.37. The maximum atomic E-state index is 13.3. The van der Waals surface area contributed by atoms with Gasteiger partial charge in [-0.2, -0.15) is 0 Å². The van der Waals surface area contributed by atoms with E-state index in [9.17, 15) is 18.0 Å². The third-order valence-corrected chi connectivity index (χ3v) is 4.32. The fraction of sp³-hybridized carbons (Fsp3) is 0.500. The van der Waals surface area contributed by atoms with E-state index in [2.05, 4.69) is 10.6 Å². The molecule has 1 aliphatic heterocycles. The molecule has 1 amide bonds. The average Bonchev–Trinajstić information content (AvgIpc) is 2.47. The zero-order chi connectivity index (χ0) is 15.2. The number of hydrogen-bond acceptors (Lipinski definition) is 3. The predicted octanol–water partition coefficient (Wildman–Crippen LogP) is 3.54. The van der Waals surface area contributed by atoms with Crippen molar-refractivity contribution in [3.8, 4) is 0 Å². The number of benzene rings is 1. The van der Waals surface area contributed by atoms with Crippen LogP contribution in [0.25, 0.3) is 0 Å². The molecule has 1 unspecified atom stereocenters. The number of piperidine rings is 1. The summed E-state index contributed by atoms with van der Waals surface area (Å²) in [6.07, 6.45) is -0.770. The highest BCUT2D eigenvalue weighted by Gasteiger charge is 2.22. The van der Waals surface area contributed by atoms with Crippen LogP contribution in [0.5, 0.6) is 0 Å². The molecular formula is C14H18ClF3N2OS. The second kappa shape index (κ2) is 9.27. The second-order valence-electron chi connectivity index (χ2n) is 4.88. The number of carbonyl (C=O) groups is 1. The van der Waals surface area contributed by atoms with Gasteiger partial charge in [-0.3, -0.25) is 4.79 Å². The number of carbonyl (C=O) groups excluding carboxylic acids is 1. The van der Waals surface area contributed by atoms with E-state index < -0.39 is 12.2 Å². The first kappa shape index (κ1) is 19.1. The van der Waals surface area contributed by atoms with Crippen LogP contribution in [0.2, 0.25) is 0 Å². The van der Waals surface area contributed by atoms with E-state index in [1.165, 1.54) is 18.2 Å². The zero-order valence-corrected chi connectivity index (χ0v) is 13.4. The van der Waals surface area contributed by atoms with E-state index >= 15 is 0 Å². The first-order chi connectivity index (χ1) is 10.1. The van der Waals surface area contributed by atoms with Crippen LogP contribution in [0.15, 0.2) is 23.1 Å². The summed E-state index contributed by atoms with van der Waals surface area (Å²) in [5.74, 6) is -1.27. The van der Waals surface area contributed by atoms with Gasteiger partial charge in [0, 0.05) is 11.4 Å². The van der Waals surface area contributed by atoms with Gasteiger partial charge < -0.3 is 10.6 Å². The van der Waals surface area contributed by atoms with E-state index in [4.69, 9.17) is 0 Å². The van der Waals surface area contributed by atoms with Gasteiger partial charge in [0.15, 0.2) is 0 Å². The molecule has 22 heavy (non-hydrogen) atoms. The molecular weight excluding hydrogens is 337 g/mol. The van der Waals surface area contributed by atoms with Crippen LogP contribution in [0.4, 0.5) is 18.9 Å². The van der Waals surface area contributed by atoms with E-state index in [0.29, 0.717) is 11.4 Å². The Hall–Kier alpha value is -0.920. The number of halogens is 4. The number of thioether (sulfide) groups is 1. The maximum absolute atomic E-state index is 13.3. The van der Waals surface area contributed by atoms with Gasteiger partial charge in [0.25, 0.3) is 0 Å². The van der Waals surface area contributed by atoms with E-state index in [-0.39, 0.29) is 35.7 Å². The highest BCUT2D eigenvalue weighted by atomic mass is 35.5. The average molecular weight is 355 g/mol. The Kier molecular flexibility index (Phi) is 8.06. The summed E-state index contributed by atoms with van der Waals surface area (Å²) in [7, 11) is 0. The molecule has 1 heterocycles. The minimum atomic E-state index is -2.45. The number of amides is 1. The highest BCUT2D eigenvalue weighted by molar-refractivity contribution is 7.99. The van der Waals surface area contributed by atoms with Gasteiger partial charge >= 0.3 is 0 Å². The molecule has 0 bridgehead atoms. The minimum absolute atomic E-state index is 0. The van der Waals surface area contributed by atoms with Crippen molar-refractivity contribution < 1.29 is 18.0 Å². The smallest absolute Gasteiger partial charge is 0.247 e. The fourth-order valence-corrected chi connectivity index (χ4v) is 2.92. The molecule has 0 aromatic heterocycles. The van der Waals surface area contributed by atoms with Crippen LogP contribution < -0.4 is 10.6 Å². The van der Waals surface area contributed by atoms with Gasteiger partial charge in [-0.15, -0.1) is 24.2 Å². The van der Waals surface area contributed by atoms with Crippen LogP contribution in [-0.4, -0.2) is 31.2 Å². The molecule has 2 N–H and O–H groups in total. The molecule has 1 atom stereocenters. The van der Waals surface area contributed by atoms with Crippen LogP contribution in [0.3, 0.4) is 0 Å². The first-order valence-corrected chi connectivity index (χ1v) is 7.77. The molecule has 8 heteroatoms. The SMILES string of the molecule is Cl.O=C(Nc1cc(F)ccc1SCC(F)F)C1CCCNC1. The molecule has 0 radical (unpaired) electrons. The Bertz CT molecular complexity index is 499. The first-order valence-electron chi connectivity index (χ1n) is 6.78. The molecule has 124 valence electrons. The third-order valence-electron chi connectivity index (χ3n) is 3.23. The number of hydrogen-bond donors (Lipinski definition) is 2. The standard InChI is InChI=1S/C14H17F3N2OS.ClH/c15-10-3-4-12(21-8-13(16)17)11(6-10)19-14(20)9-2-1-5-18-7-9;/h3-4,6,9,13,18H,1-2,5,7-8H2,(H,19,20);1H. The quantitative estimate of drug-likeness (QED) is 0.795. The summed E-state index contributed by atoms with van der Waals surface area (Å²) in [5, 5.41) is 5.79. The third kappa shape index (κ3) is 5.70. The number of rotatable bonds is 5. The molecule has 0 spiro atoms. The molecule has 1 saturated heterocycles. The van der Waals surface area contributed by atoms with Gasteiger partial charge in [0.05, 0.1) is 17.4 Å². The van der Waals surface area contributed by atoms with Crippen molar-refractivity contribution in [2.75, 3.05) is 24.2 Å². The van der Waals surface area contributed by atoms with E-state index in [0.717, 1.165) is 31.1 Å². The van der Waals surface area contributed by atoms with E-state index in [1.54, 1.807) is 0 Å². The normalized spacial score (nSPS) is 17.9. The monoisotopic (exact) mass is 354 g/mol. The summed E-state index contributed by atoms with van der Waals surface area (Å²) in [6.45, 7) is 1.47. The molecule has 1 fully saturated rings. The minimum Gasteiger partial charge on any atom is -0.325 e. The molecule has 0 saturated carbocycles. The van der Waals surface area contributed by atoms with Gasteiger partial charge in [-0.25, -0.2) is 13.2 Å². The Labute approximate surface area is 137 Å². The number of nitrogens with one attached hydrogen (secondary N) is 2. The highest BCUT2D eigenvalue weighted by Crippen LogP contribution is 2.30. The Balaban J connectivity index is 0.00000242. The lowest BCUT2D eigenvalue weighted by molar-refractivity contribution is -0.120. The van der Waals surface area contributed by atoms with Crippen LogP contribution >= 0.6 is 24.2 Å². The topological polar surface area (TPSA) is 41.1 Å². The zero-order valence-electron chi connectivity index (χ0n) is 11.8. The summed E-state index contributed by atoms with van der Waals surface area (Å²) >= 11 is 0.905. The van der Waals surface area contributed by atoms with Crippen molar-refractivity contribution in [2.24, 2.45) is 5.92 Å². The lowest BCUT2D eigenvalue weighted by atomic mass is 9.99. The molecule has 2 rings (SSSR count). The van der Waals surface area contributed by atoms with Crippen molar-refractivity contribution in [3.63, 3.8) is 0 Å². The van der Waals surface area contributed by atoms with Gasteiger partial charge in [0.2, 0.25) is 12.3 Å². The Morgan fingerprint density at radius 3 is 2.86 bits per heavy atom. The fourth-order valence-electron chi connectivity index (χ4n) is 2.19. The number of alkyl halides is 2. The molecule has 1 aliphatic rings. The van der Waals surface area contributed by atoms with Crippen molar-refractivity contribution >= 4 is 35.8 Å². The maximum Gasteiger partial charge on any atom is 0.247 e. The van der Waals surface area contributed by atoms with Gasteiger partial charge in [-0.05, 0) is 37.6 Å². The predicted molar refractivity (Wildman–Crippen MR) is 84.6 cm³/mol. The summed E-state index contributed by atoms with van der Waals surface area (Å²) in [4.78, 5) is 12.6. The number of anilines is 1. The second-order valence-corrected chi connectivity index (χ2v) is 5.94. The summed E-state index contributed by atoms with van der Waals surface area (Å²) in [6, 6.07) is 3.78. The van der Waals surface area contributed by atoms with Gasteiger partial charge in [0.1, 0.15) is 5.82 Å². The van der Waals surface area contributed by atoms with Crippen molar-refractivity contribution in [2.45, 2.75) is 24.2 Å². The molecule has 1 aromatic rings. The van der Waals surface area contributed by atoms with Crippen LogP contribution in [0.1, 0.15) is 12.8 Å². The van der Waals surface area contributed by atoms with Crippen molar-refractivity contribution in [1.82, 2.24) is 5.32 Å². The Morgan fingerprint density at radius 2 is 2.23 bits per heavy atom. The summed E-state index contributed by atoms with van der Waals surface area (Å²) < 4.78 is 37.9. The van der Waals surface area contributed by atoms with Crippen molar-refractivity contribution in [1.29, 1.82) is 0 Å². The largest absolute Gasteiger partial charge is 0.325 e. The van der Waals surface area contributed by atoms with Gasteiger partial charge in [-0.1, -0.05) is 0 Å². The van der Waals surface area contributed by atoms with Crippen molar-refractivity contribution in [3.05, 3.63) is 24.0 Å². The molecule has 0 aliphatic carbocycles.